The molecule has 0 radical (unpaired) electrons. The third-order valence-corrected chi connectivity index (χ3v) is 3.66. The number of nitrogens with zero attached hydrogens (tertiary/aromatic N) is 3. The maximum Gasteiger partial charge on any atom is 0.323 e. The van der Waals surface area contributed by atoms with Crippen LogP contribution in [0.4, 0.5) is 4.39 Å². The van der Waals surface area contributed by atoms with Gasteiger partial charge in [0.15, 0.2) is 0 Å². The van der Waals surface area contributed by atoms with E-state index in [4.69, 9.17) is 5.11 Å². The van der Waals surface area contributed by atoms with Gasteiger partial charge in [0.05, 0.1) is 5.39 Å². The van der Waals surface area contributed by atoms with E-state index < -0.39 is 11.5 Å². The van der Waals surface area contributed by atoms with E-state index in [1.54, 1.807) is 24.3 Å². The van der Waals surface area contributed by atoms with Crippen LogP contribution in [0, 0.1) is 5.82 Å². The number of aryl methyl sites for hydroxylation is 2. The van der Waals surface area contributed by atoms with Crippen LogP contribution in [0.2, 0.25) is 0 Å². The Labute approximate surface area is 136 Å². The summed E-state index contributed by atoms with van der Waals surface area (Å²) in [5.41, 5.74) is 0.733. The lowest BCUT2D eigenvalue weighted by atomic mass is 10.1. The number of hydrogen-bond acceptors (Lipinski definition) is 4. The minimum atomic E-state index is -1.05. The van der Waals surface area contributed by atoms with Crippen molar-refractivity contribution < 1.29 is 14.3 Å². The second kappa shape index (κ2) is 6.57. The molecule has 0 bridgehead atoms. The Hall–Kier alpha value is -3.09. The fraction of sp³-hybridized carbons (Fsp3) is 0.176. The van der Waals surface area contributed by atoms with Crippen molar-refractivity contribution in [1.82, 2.24) is 14.5 Å². The number of carboxylic acid groups (broad SMARTS) is 1. The maximum atomic E-state index is 13.0. The van der Waals surface area contributed by atoms with Crippen molar-refractivity contribution >= 4 is 17.0 Å². The van der Waals surface area contributed by atoms with Gasteiger partial charge in [-0.25, -0.2) is 9.37 Å². The van der Waals surface area contributed by atoms with Crippen molar-refractivity contribution in [3.8, 4) is 0 Å². The van der Waals surface area contributed by atoms with Gasteiger partial charge in [0, 0.05) is 12.6 Å². The van der Waals surface area contributed by atoms with Crippen LogP contribution in [0.5, 0.6) is 0 Å². The van der Waals surface area contributed by atoms with Gasteiger partial charge in [-0.2, -0.15) is 4.98 Å². The topological polar surface area (TPSA) is 85.1 Å². The molecule has 1 N–H and O–H groups in total. The maximum absolute atomic E-state index is 13.0. The Morgan fingerprint density at radius 1 is 1.17 bits per heavy atom. The molecule has 0 atom stereocenters. The molecular weight excluding hydrogens is 313 g/mol. The number of halogens is 1. The highest BCUT2D eigenvalue weighted by molar-refractivity contribution is 5.76. The van der Waals surface area contributed by atoms with E-state index in [1.807, 2.05) is 0 Å². The molecule has 24 heavy (non-hydrogen) atoms. The van der Waals surface area contributed by atoms with Crippen LogP contribution < -0.4 is 5.56 Å². The molecule has 0 fully saturated rings. The van der Waals surface area contributed by atoms with Gasteiger partial charge in [0.1, 0.15) is 23.8 Å². The molecule has 0 aliphatic rings. The number of hydrogen-bond donors (Lipinski definition) is 1. The largest absolute Gasteiger partial charge is 0.480 e. The van der Waals surface area contributed by atoms with E-state index in [2.05, 4.69) is 9.97 Å². The zero-order valence-corrected chi connectivity index (χ0v) is 12.6. The Kier molecular flexibility index (Phi) is 4.33. The number of rotatable bonds is 5. The summed E-state index contributed by atoms with van der Waals surface area (Å²) in [7, 11) is 0. The molecule has 0 aliphatic carbocycles. The Morgan fingerprint density at radius 3 is 2.62 bits per heavy atom. The standard InChI is InChI=1S/C17H14FN3O3/c18-12-6-3-11(4-7-12)5-8-14-20-17(24)13-2-1-9-19-16(13)21(14)10-15(22)23/h1-4,6-7,9H,5,8,10H2,(H,22,23). The first kappa shape index (κ1) is 15.8. The molecule has 7 heteroatoms. The van der Waals surface area contributed by atoms with Gasteiger partial charge in [-0.05, 0) is 36.2 Å². The molecule has 0 aliphatic heterocycles. The van der Waals surface area contributed by atoms with Gasteiger partial charge in [0.25, 0.3) is 5.56 Å². The molecule has 122 valence electrons. The van der Waals surface area contributed by atoms with Gasteiger partial charge in [-0.3, -0.25) is 9.59 Å². The molecule has 6 nitrogen and oxygen atoms in total. The van der Waals surface area contributed by atoms with Crippen molar-refractivity contribution in [2.45, 2.75) is 19.4 Å². The Balaban J connectivity index is 2.00. The molecular formula is C17H14FN3O3. The highest BCUT2D eigenvalue weighted by Gasteiger charge is 2.14. The number of pyridine rings is 1. The Morgan fingerprint density at radius 2 is 1.92 bits per heavy atom. The van der Waals surface area contributed by atoms with Crippen LogP contribution in [-0.4, -0.2) is 25.6 Å². The summed E-state index contributed by atoms with van der Waals surface area (Å²) in [5.74, 6) is -1.03. The summed E-state index contributed by atoms with van der Waals surface area (Å²) in [4.78, 5) is 31.4. The molecule has 0 amide bonds. The number of fused-ring (bicyclic) bond motifs is 1. The van der Waals surface area contributed by atoms with Crippen molar-refractivity contribution in [2.75, 3.05) is 0 Å². The van der Waals surface area contributed by atoms with Gasteiger partial charge < -0.3 is 9.67 Å². The SMILES string of the molecule is O=C(O)Cn1c(CCc2ccc(F)cc2)nc(=O)c2cccnc21. The van der Waals surface area contributed by atoms with Crippen LogP contribution in [0.15, 0.2) is 47.4 Å². The number of aliphatic carboxylic acids is 1. The van der Waals surface area contributed by atoms with Crippen molar-refractivity contribution in [1.29, 1.82) is 0 Å². The molecule has 1 aromatic carbocycles. The number of carboxylic acids is 1. The number of benzene rings is 1. The molecule has 0 spiro atoms. The number of aromatic nitrogens is 3. The van der Waals surface area contributed by atoms with Crippen LogP contribution in [0.1, 0.15) is 11.4 Å². The van der Waals surface area contributed by atoms with E-state index in [9.17, 15) is 14.0 Å². The monoisotopic (exact) mass is 327 g/mol. The summed E-state index contributed by atoms with van der Waals surface area (Å²) >= 11 is 0. The molecule has 2 aromatic heterocycles. The van der Waals surface area contributed by atoms with E-state index in [1.165, 1.54) is 22.9 Å². The Bertz CT molecular complexity index is 951. The van der Waals surface area contributed by atoms with Crippen LogP contribution in [-0.2, 0) is 24.2 Å². The zero-order chi connectivity index (χ0) is 17.1. The van der Waals surface area contributed by atoms with Crippen LogP contribution in [0.3, 0.4) is 0 Å². The average Bonchev–Trinajstić information content (AvgIpc) is 2.57. The van der Waals surface area contributed by atoms with E-state index in [0.717, 1.165) is 5.56 Å². The smallest absolute Gasteiger partial charge is 0.323 e. The van der Waals surface area contributed by atoms with Crippen LogP contribution in [0.25, 0.3) is 11.0 Å². The summed E-state index contributed by atoms with van der Waals surface area (Å²) in [6.45, 7) is -0.334. The zero-order valence-electron chi connectivity index (χ0n) is 12.6. The number of carbonyl (C=O) groups is 1. The molecule has 3 aromatic rings. The van der Waals surface area contributed by atoms with Crippen molar-refractivity contribution in [3.63, 3.8) is 0 Å². The van der Waals surface area contributed by atoms with Gasteiger partial charge in [0.2, 0.25) is 0 Å². The van der Waals surface area contributed by atoms with E-state index >= 15 is 0 Å². The summed E-state index contributed by atoms with van der Waals surface area (Å²) in [5, 5.41) is 9.42. The third-order valence-electron chi connectivity index (χ3n) is 3.66. The molecule has 3 rings (SSSR count). The van der Waals surface area contributed by atoms with Crippen molar-refractivity contribution in [3.05, 3.63) is 70.2 Å². The summed E-state index contributed by atoms with van der Waals surface area (Å²) in [6, 6.07) is 9.18. The van der Waals surface area contributed by atoms with Gasteiger partial charge in [-0.1, -0.05) is 12.1 Å². The third kappa shape index (κ3) is 3.29. The summed E-state index contributed by atoms with van der Waals surface area (Å²) in [6.07, 6.45) is 2.36. The second-order valence-electron chi connectivity index (χ2n) is 5.31. The fourth-order valence-corrected chi connectivity index (χ4v) is 2.54. The first-order valence-electron chi connectivity index (χ1n) is 7.35. The molecule has 0 saturated carbocycles. The second-order valence-corrected chi connectivity index (χ2v) is 5.31. The van der Waals surface area contributed by atoms with Crippen molar-refractivity contribution in [2.24, 2.45) is 0 Å². The van der Waals surface area contributed by atoms with E-state index in [0.29, 0.717) is 24.3 Å². The average molecular weight is 327 g/mol. The van der Waals surface area contributed by atoms with Crippen LogP contribution >= 0.6 is 0 Å². The molecule has 2 heterocycles. The summed E-state index contributed by atoms with van der Waals surface area (Å²) < 4.78 is 14.4. The molecule has 0 saturated heterocycles. The molecule has 0 unspecified atom stereocenters. The lowest BCUT2D eigenvalue weighted by molar-refractivity contribution is -0.137. The fourth-order valence-electron chi connectivity index (χ4n) is 2.54. The minimum Gasteiger partial charge on any atom is -0.480 e. The normalized spacial score (nSPS) is 10.9. The highest BCUT2D eigenvalue weighted by atomic mass is 19.1. The first-order chi connectivity index (χ1) is 11.5. The van der Waals surface area contributed by atoms with Gasteiger partial charge in [-0.15, -0.1) is 0 Å². The highest BCUT2D eigenvalue weighted by Crippen LogP contribution is 2.12. The lowest BCUT2D eigenvalue weighted by Gasteiger charge is -2.13. The van der Waals surface area contributed by atoms with E-state index in [-0.39, 0.29) is 17.7 Å². The lowest BCUT2D eigenvalue weighted by Crippen LogP contribution is -2.23. The minimum absolute atomic E-state index is 0.282. The van der Waals surface area contributed by atoms with Gasteiger partial charge >= 0.3 is 5.97 Å². The first-order valence-corrected chi connectivity index (χ1v) is 7.35. The predicted molar refractivity (Wildman–Crippen MR) is 85.2 cm³/mol. The predicted octanol–water partition coefficient (Wildman–Crippen LogP) is 1.80. The quantitative estimate of drug-likeness (QED) is 0.772.